The van der Waals surface area contributed by atoms with Gasteiger partial charge in [-0.15, -0.1) is 0 Å². The highest BCUT2D eigenvalue weighted by Crippen LogP contribution is 2.31. The molecule has 9 heteroatoms. The molecule has 1 atom stereocenters. The Morgan fingerprint density at radius 2 is 2.04 bits per heavy atom. The molecule has 0 aliphatic rings. The van der Waals surface area contributed by atoms with Crippen molar-refractivity contribution >= 4 is 23.1 Å². The molecule has 2 rings (SSSR count). The van der Waals surface area contributed by atoms with Crippen LogP contribution in [0.25, 0.3) is 0 Å². The van der Waals surface area contributed by atoms with Gasteiger partial charge in [0.15, 0.2) is 0 Å². The Morgan fingerprint density at radius 1 is 1.30 bits per heavy atom. The summed E-state index contributed by atoms with van der Waals surface area (Å²) in [6, 6.07) is 3.49. The minimum Gasteiger partial charge on any atom is -0.383 e. The van der Waals surface area contributed by atoms with E-state index in [-0.39, 0.29) is 23.4 Å². The van der Waals surface area contributed by atoms with E-state index >= 15 is 0 Å². The molecule has 2 aromatic heterocycles. The van der Waals surface area contributed by atoms with E-state index in [9.17, 15) is 10.1 Å². The molecule has 0 fully saturated rings. The van der Waals surface area contributed by atoms with E-state index in [1.54, 1.807) is 19.4 Å². The van der Waals surface area contributed by atoms with Gasteiger partial charge < -0.3 is 15.4 Å². The van der Waals surface area contributed by atoms with Crippen molar-refractivity contribution in [2.24, 2.45) is 0 Å². The van der Waals surface area contributed by atoms with Gasteiger partial charge in [0.1, 0.15) is 12.1 Å². The summed E-state index contributed by atoms with van der Waals surface area (Å²) >= 11 is 0. The van der Waals surface area contributed by atoms with Crippen molar-refractivity contribution in [3.05, 3.63) is 40.3 Å². The average molecular weight is 318 g/mol. The van der Waals surface area contributed by atoms with Crippen LogP contribution in [0.15, 0.2) is 24.7 Å². The van der Waals surface area contributed by atoms with Crippen molar-refractivity contribution < 1.29 is 9.66 Å². The van der Waals surface area contributed by atoms with Crippen molar-refractivity contribution in [2.45, 2.75) is 19.9 Å². The molecule has 23 heavy (non-hydrogen) atoms. The third-order valence-corrected chi connectivity index (χ3v) is 3.05. The Morgan fingerprint density at radius 3 is 2.70 bits per heavy atom. The lowest BCUT2D eigenvalue weighted by molar-refractivity contribution is -0.383. The van der Waals surface area contributed by atoms with Crippen molar-refractivity contribution in [2.75, 3.05) is 24.4 Å². The largest absolute Gasteiger partial charge is 0.383 e. The van der Waals surface area contributed by atoms with Gasteiger partial charge in [0.25, 0.3) is 0 Å². The van der Waals surface area contributed by atoms with Crippen molar-refractivity contribution in [1.29, 1.82) is 0 Å². The van der Waals surface area contributed by atoms with Gasteiger partial charge in [0.05, 0.1) is 11.5 Å². The molecular weight excluding hydrogens is 300 g/mol. The maximum atomic E-state index is 11.5. The molecule has 0 saturated carbocycles. The molecule has 0 amide bonds. The highest BCUT2D eigenvalue weighted by Gasteiger charge is 2.24. The van der Waals surface area contributed by atoms with E-state index in [1.807, 2.05) is 19.9 Å². The third-order valence-electron chi connectivity index (χ3n) is 3.05. The molecule has 0 aromatic carbocycles. The number of ether oxygens (including phenoxy) is 1. The summed E-state index contributed by atoms with van der Waals surface area (Å²) in [6.07, 6.45) is 2.86. The van der Waals surface area contributed by atoms with Crippen LogP contribution in [0.1, 0.15) is 12.5 Å². The summed E-state index contributed by atoms with van der Waals surface area (Å²) in [7, 11) is 1.56. The van der Waals surface area contributed by atoms with Gasteiger partial charge in [-0.1, -0.05) is 6.07 Å². The molecule has 122 valence electrons. The Hall–Kier alpha value is -2.81. The molecule has 0 saturated heterocycles. The number of nitrogens with one attached hydrogen (secondary N) is 2. The predicted molar refractivity (Wildman–Crippen MR) is 85.9 cm³/mol. The first-order valence-electron chi connectivity index (χ1n) is 6.96. The first-order chi connectivity index (χ1) is 11.0. The fourth-order valence-electron chi connectivity index (χ4n) is 2.00. The standard InChI is InChI=1S/C14H18N6O3/c1-9-5-4-6-15-12(9)19-14-11(20(21)22)13(16-8-17-14)18-10(2)7-23-3/h4-6,8,10H,7H2,1-3H3,(H2,15,16,17,18,19). The Balaban J connectivity index is 2.36. The van der Waals surface area contributed by atoms with Crippen LogP contribution in [-0.2, 0) is 4.74 Å². The number of aromatic nitrogens is 3. The van der Waals surface area contributed by atoms with Crippen molar-refractivity contribution in [3.63, 3.8) is 0 Å². The maximum absolute atomic E-state index is 11.5. The summed E-state index contributed by atoms with van der Waals surface area (Å²) in [5.74, 6) is 0.717. The number of pyridine rings is 1. The monoisotopic (exact) mass is 318 g/mol. The summed E-state index contributed by atoms with van der Waals surface area (Å²) < 4.78 is 5.02. The van der Waals surface area contributed by atoms with Gasteiger partial charge in [0.2, 0.25) is 11.6 Å². The van der Waals surface area contributed by atoms with Gasteiger partial charge in [-0.05, 0) is 25.5 Å². The molecule has 2 heterocycles. The number of methoxy groups -OCH3 is 1. The summed E-state index contributed by atoms with van der Waals surface area (Å²) in [5.41, 5.74) is 0.614. The SMILES string of the molecule is COCC(C)Nc1ncnc(Nc2ncccc2C)c1[N+](=O)[O-]. The second-order valence-corrected chi connectivity index (χ2v) is 4.97. The van der Waals surface area contributed by atoms with Crippen molar-refractivity contribution in [1.82, 2.24) is 15.0 Å². The van der Waals surface area contributed by atoms with Crippen LogP contribution in [0.3, 0.4) is 0 Å². The number of nitro groups is 1. The van der Waals surface area contributed by atoms with Crippen LogP contribution in [0.2, 0.25) is 0 Å². The summed E-state index contributed by atoms with van der Waals surface area (Å²) in [5, 5.41) is 17.3. The zero-order valence-corrected chi connectivity index (χ0v) is 13.1. The van der Waals surface area contributed by atoms with Crippen LogP contribution in [0, 0.1) is 17.0 Å². The van der Waals surface area contributed by atoms with Crippen LogP contribution < -0.4 is 10.6 Å². The van der Waals surface area contributed by atoms with Gasteiger partial charge in [-0.2, -0.15) is 0 Å². The first-order valence-corrected chi connectivity index (χ1v) is 6.96. The number of hydrogen-bond acceptors (Lipinski definition) is 8. The van der Waals surface area contributed by atoms with Gasteiger partial charge >= 0.3 is 5.69 Å². The second kappa shape index (κ2) is 7.45. The van der Waals surface area contributed by atoms with Gasteiger partial charge in [0, 0.05) is 19.3 Å². The van der Waals surface area contributed by atoms with Crippen LogP contribution in [-0.4, -0.2) is 39.6 Å². The Labute approximate surface area is 133 Å². The van der Waals surface area contributed by atoms with Crippen LogP contribution >= 0.6 is 0 Å². The minimum atomic E-state index is -0.525. The zero-order valence-electron chi connectivity index (χ0n) is 13.1. The molecule has 9 nitrogen and oxygen atoms in total. The molecule has 2 N–H and O–H groups in total. The van der Waals surface area contributed by atoms with E-state index in [1.165, 1.54) is 6.33 Å². The topological polar surface area (TPSA) is 115 Å². The number of rotatable bonds is 7. The second-order valence-electron chi connectivity index (χ2n) is 4.97. The summed E-state index contributed by atoms with van der Waals surface area (Å²) in [6.45, 7) is 4.08. The molecule has 0 spiro atoms. The van der Waals surface area contributed by atoms with Gasteiger partial charge in [-0.3, -0.25) is 10.1 Å². The molecule has 0 radical (unpaired) electrons. The number of hydrogen-bond donors (Lipinski definition) is 2. The lowest BCUT2D eigenvalue weighted by Crippen LogP contribution is -2.22. The van der Waals surface area contributed by atoms with E-state index in [0.717, 1.165) is 5.56 Å². The lowest BCUT2D eigenvalue weighted by Gasteiger charge is -2.14. The minimum absolute atomic E-state index is 0.0823. The Kier molecular flexibility index (Phi) is 5.36. The number of aryl methyl sites for hydroxylation is 1. The van der Waals surface area contributed by atoms with E-state index in [0.29, 0.717) is 12.4 Å². The molecule has 2 aromatic rings. The lowest BCUT2D eigenvalue weighted by atomic mass is 10.3. The smallest absolute Gasteiger partial charge is 0.353 e. The Bertz CT molecular complexity index is 694. The molecular formula is C14H18N6O3. The maximum Gasteiger partial charge on any atom is 0.353 e. The number of nitrogens with zero attached hydrogens (tertiary/aromatic N) is 4. The highest BCUT2D eigenvalue weighted by molar-refractivity contribution is 5.73. The fraction of sp³-hybridized carbons (Fsp3) is 0.357. The molecule has 1 unspecified atom stereocenters. The average Bonchev–Trinajstić information content (AvgIpc) is 2.49. The molecule has 0 aliphatic heterocycles. The third kappa shape index (κ3) is 4.10. The van der Waals surface area contributed by atoms with E-state index < -0.39 is 4.92 Å². The molecule has 0 bridgehead atoms. The normalized spacial score (nSPS) is 11.8. The van der Waals surface area contributed by atoms with E-state index in [4.69, 9.17) is 4.74 Å². The predicted octanol–water partition coefficient (Wildman–Crippen LogP) is 2.28. The van der Waals surface area contributed by atoms with E-state index in [2.05, 4.69) is 25.6 Å². The number of anilines is 3. The fourth-order valence-corrected chi connectivity index (χ4v) is 2.00. The first kappa shape index (κ1) is 16.6. The van der Waals surface area contributed by atoms with Crippen LogP contribution in [0.5, 0.6) is 0 Å². The zero-order chi connectivity index (χ0) is 16.8. The van der Waals surface area contributed by atoms with Crippen LogP contribution in [0.4, 0.5) is 23.1 Å². The quantitative estimate of drug-likeness (QED) is 0.590. The van der Waals surface area contributed by atoms with Gasteiger partial charge in [-0.25, -0.2) is 15.0 Å². The highest BCUT2D eigenvalue weighted by atomic mass is 16.6. The summed E-state index contributed by atoms with van der Waals surface area (Å²) in [4.78, 5) is 23.0. The van der Waals surface area contributed by atoms with Crippen molar-refractivity contribution in [3.8, 4) is 0 Å². The molecule has 0 aliphatic carbocycles.